The molecule has 1 aliphatic heterocycles. The largest absolute Gasteiger partial charge is 0.481 e. The summed E-state index contributed by atoms with van der Waals surface area (Å²) >= 11 is 0. The number of carboxylic acid groups (broad SMARTS) is 1. The summed E-state index contributed by atoms with van der Waals surface area (Å²) in [6.07, 6.45) is 2.06. The molecule has 3 nitrogen and oxygen atoms in total. The third-order valence-corrected chi connectivity index (χ3v) is 2.86. The molecule has 12 heavy (non-hydrogen) atoms. The molecule has 3 heteroatoms. The Morgan fingerprint density at radius 1 is 1.50 bits per heavy atom. The molecule has 0 bridgehead atoms. The summed E-state index contributed by atoms with van der Waals surface area (Å²) in [6, 6.07) is 0. The van der Waals surface area contributed by atoms with Crippen LogP contribution in [0.25, 0.3) is 0 Å². The Labute approximate surface area is 73.4 Å². The second kappa shape index (κ2) is 3.90. The number of carboxylic acids is 1. The average Bonchev–Trinajstić information content (AvgIpc) is 2.04. The van der Waals surface area contributed by atoms with Gasteiger partial charge in [0.2, 0.25) is 0 Å². The lowest BCUT2D eigenvalue weighted by atomic mass is 9.86. The van der Waals surface area contributed by atoms with Crippen LogP contribution < -0.4 is 0 Å². The highest BCUT2D eigenvalue weighted by Crippen LogP contribution is 2.24. The van der Waals surface area contributed by atoms with E-state index >= 15 is 0 Å². The zero-order valence-corrected chi connectivity index (χ0v) is 7.79. The van der Waals surface area contributed by atoms with Gasteiger partial charge in [-0.25, -0.2) is 0 Å². The number of aliphatic carboxylic acids is 1. The second-order valence-corrected chi connectivity index (χ2v) is 3.77. The minimum absolute atomic E-state index is 0.168. The lowest BCUT2D eigenvalue weighted by molar-refractivity contribution is -0.143. The zero-order chi connectivity index (χ0) is 9.14. The van der Waals surface area contributed by atoms with Crippen LogP contribution in [0.3, 0.4) is 0 Å². The van der Waals surface area contributed by atoms with Gasteiger partial charge in [-0.15, -0.1) is 0 Å². The quantitative estimate of drug-likeness (QED) is 0.675. The molecule has 0 radical (unpaired) electrons. The molecule has 0 spiro atoms. The van der Waals surface area contributed by atoms with Crippen LogP contribution in [0.5, 0.6) is 0 Å². The van der Waals surface area contributed by atoms with Crippen molar-refractivity contribution < 1.29 is 9.90 Å². The number of piperidine rings is 1. The third-order valence-electron chi connectivity index (χ3n) is 2.86. The van der Waals surface area contributed by atoms with E-state index in [2.05, 4.69) is 11.9 Å². The predicted molar refractivity (Wildman–Crippen MR) is 47.0 cm³/mol. The number of carbonyl (C=O) groups is 1. The Morgan fingerprint density at radius 2 is 2.00 bits per heavy atom. The van der Waals surface area contributed by atoms with Crippen molar-refractivity contribution in [3.05, 3.63) is 0 Å². The van der Waals surface area contributed by atoms with Gasteiger partial charge in [0.15, 0.2) is 0 Å². The summed E-state index contributed by atoms with van der Waals surface area (Å²) in [4.78, 5) is 12.9. The number of nitrogens with zero attached hydrogens (tertiary/aromatic N) is 1. The van der Waals surface area contributed by atoms with Gasteiger partial charge >= 0.3 is 5.97 Å². The summed E-state index contributed by atoms with van der Waals surface area (Å²) in [5, 5.41) is 8.79. The van der Waals surface area contributed by atoms with Gasteiger partial charge in [-0.1, -0.05) is 6.92 Å². The summed E-state index contributed by atoms with van der Waals surface area (Å²) in [5.41, 5.74) is 0. The Kier molecular flexibility index (Phi) is 3.09. The molecule has 1 aliphatic rings. The summed E-state index contributed by atoms with van der Waals surface area (Å²) in [6.45, 7) is 3.91. The molecule has 0 saturated carbocycles. The van der Waals surface area contributed by atoms with Crippen molar-refractivity contribution in [1.82, 2.24) is 4.90 Å². The highest BCUT2D eigenvalue weighted by molar-refractivity contribution is 5.69. The van der Waals surface area contributed by atoms with Gasteiger partial charge in [0, 0.05) is 0 Å². The van der Waals surface area contributed by atoms with E-state index in [9.17, 15) is 4.79 Å². The maximum Gasteiger partial charge on any atom is 0.306 e. The molecule has 1 unspecified atom stereocenters. The maximum atomic E-state index is 10.7. The van der Waals surface area contributed by atoms with Crippen LogP contribution in [-0.4, -0.2) is 36.1 Å². The van der Waals surface area contributed by atoms with Crippen LogP contribution in [0, 0.1) is 11.8 Å². The van der Waals surface area contributed by atoms with E-state index in [4.69, 9.17) is 5.11 Å². The van der Waals surface area contributed by atoms with Crippen LogP contribution in [0.2, 0.25) is 0 Å². The molecule has 1 rings (SSSR count). The van der Waals surface area contributed by atoms with E-state index in [1.165, 1.54) is 0 Å². The minimum Gasteiger partial charge on any atom is -0.481 e. The molecule has 0 aromatic rings. The Morgan fingerprint density at radius 3 is 2.42 bits per heavy atom. The Hall–Kier alpha value is -0.570. The minimum atomic E-state index is -0.649. The fourth-order valence-corrected chi connectivity index (χ4v) is 1.73. The topological polar surface area (TPSA) is 40.5 Å². The van der Waals surface area contributed by atoms with E-state index < -0.39 is 5.97 Å². The first-order valence-electron chi connectivity index (χ1n) is 4.52. The molecule has 1 saturated heterocycles. The zero-order valence-electron chi connectivity index (χ0n) is 7.79. The molecule has 70 valence electrons. The fraction of sp³-hybridized carbons (Fsp3) is 0.889. The van der Waals surface area contributed by atoms with Crippen LogP contribution in [0.15, 0.2) is 0 Å². The SMILES string of the molecule is CC(C(=O)O)C1CCN(C)CC1. The molecule has 1 atom stereocenters. The molecule has 1 fully saturated rings. The lowest BCUT2D eigenvalue weighted by Crippen LogP contribution is -2.34. The van der Waals surface area contributed by atoms with E-state index in [0.29, 0.717) is 5.92 Å². The highest BCUT2D eigenvalue weighted by atomic mass is 16.4. The summed E-state index contributed by atoms with van der Waals surface area (Å²) in [7, 11) is 2.08. The standard InChI is InChI=1S/C9H17NO2/c1-7(9(11)12)8-3-5-10(2)6-4-8/h7-8H,3-6H2,1-2H3,(H,11,12). The molecular weight excluding hydrogens is 154 g/mol. The van der Waals surface area contributed by atoms with E-state index in [-0.39, 0.29) is 5.92 Å². The van der Waals surface area contributed by atoms with Crippen molar-refractivity contribution in [2.75, 3.05) is 20.1 Å². The van der Waals surface area contributed by atoms with Gasteiger partial charge in [-0.2, -0.15) is 0 Å². The van der Waals surface area contributed by atoms with Crippen LogP contribution in [-0.2, 0) is 4.79 Å². The van der Waals surface area contributed by atoms with Crippen LogP contribution in [0.1, 0.15) is 19.8 Å². The monoisotopic (exact) mass is 171 g/mol. The molecule has 1 N–H and O–H groups in total. The molecule has 0 aliphatic carbocycles. The van der Waals surface area contributed by atoms with E-state index in [0.717, 1.165) is 25.9 Å². The van der Waals surface area contributed by atoms with Crippen molar-refractivity contribution in [3.63, 3.8) is 0 Å². The van der Waals surface area contributed by atoms with Gasteiger partial charge in [-0.3, -0.25) is 4.79 Å². The molecule has 0 aromatic carbocycles. The van der Waals surface area contributed by atoms with Crippen molar-refractivity contribution in [1.29, 1.82) is 0 Å². The predicted octanol–water partition coefficient (Wildman–Crippen LogP) is 1.05. The first kappa shape index (κ1) is 9.52. The Bertz CT molecular complexity index is 162. The fourth-order valence-electron chi connectivity index (χ4n) is 1.73. The van der Waals surface area contributed by atoms with Crippen molar-refractivity contribution in [2.45, 2.75) is 19.8 Å². The Balaban J connectivity index is 2.39. The lowest BCUT2D eigenvalue weighted by Gasteiger charge is -2.30. The van der Waals surface area contributed by atoms with Gasteiger partial charge in [-0.05, 0) is 38.9 Å². The number of hydrogen-bond donors (Lipinski definition) is 1. The molecular formula is C9H17NO2. The highest BCUT2D eigenvalue weighted by Gasteiger charge is 2.26. The normalized spacial score (nSPS) is 23.8. The van der Waals surface area contributed by atoms with Crippen LogP contribution in [0.4, 0.5) is 0 Å². The number of hydrogen-bond acceptors (Lipinski definition) is 2. The smallest absolute Gasteiger partial charge is 0.306 e. The second-order valence-electron chi connectivity index (χ2n) is 3.77. The number of rotatable bonds is 2. The van der Waals surface area contributed by atoms with E-state index in [1.807, 2.05) is 6.92 Å². The molecule has 1 heterocycles. The van der Waals surface area contributed by atoms with Gasteiger partial charge in [0.25, 0.3) is 0 Å². The van der Waals surface area contributed by atoms with Gasteiger partial charge in [0.1, 0.15) is 0 Å². The first-order chi connectivity index (χ1) is 5.61. The van der Waals surface area contributed by atoms with Crippen molar-refractivity contribution in [2.24, 2.45) is 11.8 Å². The number of likely N-dealkylation sites (tertiary alicyclic amines) is 1. The molecule has 0 amide bonds. The first-order valence-corrected chi connectivity index (χ1v) is 4.52. The summed E-state index contributed by atoms with van der Waals surface area (Å²) in [5.74, 6) is -0.429. The average molecular weight is 171 g/mol. The van der Waals surface area contributed by atoms with Gasteiger partial charge < -0.3 is 10.0 Å². The van der Waals surface area contributed by atoms with Crippen LogP contribution >= 0.6 is 0 Å². The van der Waals surface area contributed by atoms with Crippen molar-refractivity contribution >= 4 is 5.97 Å². The van der Waals surface area contributed by atoms with E-state index in [1.54, 1.807) is 0 Å². The van der Waals surface area contributed by atoms with Crippen molar-refractivity contribution in [3.8, 4) is 0 Å². The third kappa shape index (κ3) is 2.21. The maximum absolute atomic E-state index is 10.7. The summed E-state index contributed by atoms with van der Waals surface area (Å²) < 4.78 is 0. The van der Waals surface area contributed by atoms with Gasteiger partial charge in [0.05, 0.1) is 5.92 Å². The molecule has 0 aromatic heterocycles.